The zero-order valence-electron chi connectivity index (χ0n) is 9.44. The second-order valence-corrected chi connectivity index (χ2v) is 3.76. The quantitative estimate of drug-likeness (QED) is 0.607. The number of nitro groups is 1. The van der Waals surface area contributed by atoms with Crippen LogP contribution in [0.5, 0.6) is 0 Å². The van der Waals surface area contributed by atoms with Crippen molar-refractivity contribution in [2.24, 2.45) is 0 Å². The van der Waals surface area contributed by atoms with Crippen LogP contribution >= 0.6 is 0 Å². The third-order valence-corrected chi connectivity index (χ3v) is 2.53. The fourth-order valence-corrected chi connectivity index (χ4v) is 1.67. The molecule has 0 saturated heterocycles. The van der Waals surface area contributed by atoms with Gasteiger partial charge in [0.15, 0.2) is 0 Å². The number of nitro benzene ring substituents is 1. The highest BCUT2D eigenvalue weighted by atomic mass is 19.4. The van der Waals surface area contributed by atoms with Crippen LogP contribution in [0.2, 0.25) is 0 Å². The Morgan fingerprint density at radius 3 is 2.26 bits per heavy atom. The molecule has 0 spiro atoms. The maximum Gasteiger partial charge on any atom is 0.417 e. The van der Waals surface area contributed by atoms with Crippen LogP contribution in [0.25, 0.3) is 11.1 Å². The summed E-state index contributed by atoms with van der Waals surface area (Å²) in [5.74, 6) is 0. The molecule has 0 fully saturated rings. The molecule has 0 saturated carbocycles. The first-order valence-corrected chi connectivity index (χ1v) is 5.22. The van der Waals surface area contributed by atoms with Gasteiger partial charge >= 0.3 is 6.18 Å². The van der Waals surface area contributed by atoms with E-state index in [1.807, 2.05) is 0 Å². The zero-order valence-corrected chi connectivity index (χ0v) is 9.44. The summed E-state index contributed by atoms with van der Waals surface area (Å²) >= 11 is 0. The van der Waals surface area contributed by atoms with E-state index in [1.165, 1.54) is 42.5 Å². The average molecular weight is 266 g/mol. The smallest absolute Gasteiger partial charge is 0.258 e. The zero-order chi connectivity index (χ0) is 14.0. The summed E-state index contributed by atoms with van der Waals surface area (Å²) in [6, 6.07) is 11.0. The maximum absolute atomic E-state index is 12.8. The summed E-state index contributed by atoms with van der Waals surface area (Å²) in [5, 5.41) is 10.5. The predicted molar refractivity (Wildman–Crippen MR) is 62.4 cm³/mol. The van der Waals surface area contributed by atoms with E-state index in [9.17, 15) is 23.3 Å². The summed E-state index contributed by atoms with van der Waals surface area (Å²) in [5.41, 5.74) is -0.847. The van der Waals surface area contributed by atoms with Gasteiger partial charge in [0.05, 0.1) is 10.5 Å². The molecule has 2 aromatic rings. The van der Waals surface area contributed by atoms with Crippen molar-refractivity contribution in [3.63, 3.8) is 0 Å². The van der Waals surface area contributed by atoms with Crippen LogP contribution in [0.3, 0.4) is 0 Å². The van der Waals surface area contributed by atoms with Crippen molar-refractivity contribution in [3.8, 4) is 11.1 Å². The highest BCUT2D eigenvalue weighted by Gasteiger charge is 2.33. The van der Waals surface area contributed by atoms with Gasteiger partial charge in [-0.3, -0.25) is 10.1 Å². The van der Waals surface area contributed by atoms with E-state index in [0.717, 1.165) is 0 Å². The van der Waals surface area contributed by atoms with Gasteiger partial charge in [-0.15, -0.1) is 0 Å². The van der Waals surface area contributed by atoms with Crippen LogP contribution in [0, 0.1) is 16.2 Å². The van der Waals surface area contributed by atoms with Gasteiger partial charge in [0.2, 0.25) is 0 Å². The number of halogens is 3. The maximum atomic E-state index is 12.8. The number of alkyl halides is 3. The Bertz CT molecular complexity index is 606. The normalized spacial score (nSPS) is 11.3. The molecule has 6 heteroatoms. The Kier molecular flexibility index (Phi) is 3.25. The molecule has 0 bridgehead atoms. The summed E-state index contributed by atoms with van der Waals surface area (Å²) in [4.78, 5) is 9.89. The van der Waals surface area contributed by atoms with Crippen LogP contribution in [0.1, 0.15) is 5.56 Å². The molecule has 0 aliphatic carbocycles. The van der Waals surface area contributed by atoms with Crippen molar-refractivity contribution in [1.82, 2.24) is 0 Å². The van der Waals surface area contributed by atoms with Gasteiger partial charge in [-0.1, -0.05) is 18.2 Å². The fourth-order valence-electron chi connectivity index (χ4n) is 1.67. The molecule has 19 heavy (non-hydrogen) atoms. The van der Waals surface area contributed by atoms with E-state index in [1.54, 1.807) is 0 Å². The monoisotopic (exact) mass is 266 g/mol. The second kappa shape index (κ2) is 4.72. The molecule has 3 nitrogen and oxygen atoms in total. The highest BCUT2D eigenvalue weighted by Crippen LogP contribution is 2.36. The van der Waals surface area contributed by atoms with E-state index in [4.69, 9.17) is 0 Å². The number of hydrogen-bond donors (Lipinski definition) is 0. The van der Waals surface area contributed by atoms with Gasteiger partial charge in [0, 0.05) is 12.1 Å². The lowest BCUT2D eigenvalue weighted by Gasteiger charge is -2.12. The molecular weight excluding hydrogens is 259 g/mol. The molecule has 0 N–H and O–H groups in total. The molecule has 2 rings (SSSR count). The molecule has 0 aliphatic heterocycles. The van der Waals surface area contributed by atoms with Gasteiger partial charge in [-0.2, -0.15) is 13.2 Å². The Labute approximate surface area is 106 Å². The molecule has 0 unspecified atom stereocenters. The van der Waals surface area contributed by atoms with Gasteiger partial charge in [0.1, 0.15) is 0 Å². The lowest BCUT2D eigenvalue weighted by Crippen LogP contribution is -2.07. The van der Waals surface area contributed by atoms with Crippen LogP contribution in [0.15, 0.2) is 42.5 Å². The van der Waals surface area contributed by atoms with Crippen LogP contribution in [-0.4, -0.2) is 4.92 Å². The molecule has 0 heterocycles. The largest absolute Gasteiger partial charge is 0.417 e. The summed E-state index contributed by atoms with van der Waals surface area (Å²) in [6.45, 7) is 0. The molecule has 0 atom stereocenters. The first-order valence-electron chi connectivity index (χ1n) is 5.22. The van der Waals surface area contributed by atoms with Gasteiger partial charge in [-0.25, -0.2) is 0 Å². The topological polar surface area (TPSA) is 43.1 Å². The third kappa shape index (κ3) is 2.73. The lowest BCUT2D eigenvalue weighted by atomic mass is 9.99. The third-order valence-electron chi connectivity index (χ3n) is 2.53. The van der Waals surface area contributed by atoms with Crippen molar-refractivity contribution >= 4 is 5.69 Å². The number of non-ortho nitro benzene ring substituents is 1. The molecule has 97 valence electrons. The SMILES string of the molecule is O=[N+]([O-])c1ccc(-c2ccc[c]c2C(F)(F)F)cc1. The number of rotatable bonds is 2. The Balaban J connectivity index is 2.50. The van der Waals surface area contributed by atoms with Crippen molar-refractivity contribution in [3.05, 3.63) is 64.2 Å². The van der Waals surface area contributed by atoms with E-state index >= 15 is 0 Å². The van der Waals surface area contributed by atoms with Crippen molar-refractivity contribution in [2.75, 3.05) is 0 Å². The van der Waals surface area contributed by atoms with E-state index in [0.29, 0.717) is 0 Å². The number of benzene rings is 2. The first kappa shape index (κ1) is 13.1. The first-order chi connectivity index (χ1) is 8.89. The van der Waals surface area contributed by atoms with E-state index in [2.05, 4.69) is 6.07 Å². The summed E-state index contributed by atoms with van der Waals surface area (Å²) < 4.78 is 38.4. The van der Waals surface area contributed by atoms with Crippen molar-refractivity contribution in [1.29, 1.82) is 0 Å². The lowest BCUT2D eigenvalue weighted by molar-refractivity contribution is -0.384. The Hall–Kier alpha value is -2.37. The standard InChI is InChI=1S/C13H7F3NO2/c14-13(15,16)12-4-2-1-3-11(12)9-5-7-10(8-6-9)17(18)19/h1-3,5-8H. The predicted octanol–water partition coefficient (Wildman–Crippen LogP) is 4.08. The number of hydrogen-bond acceptors (Lipinski definition) is 2. The molecule has 0 amide bonds. The van der Waals surface area contributed by atoms with Crippen LogP contribution in [-0.2, 0) is 6.18 Å². The van der Waals surface area contributed by atoms with Gasteiger partial charge < -0.3 is 0 Å². The number of nitrogens with zero attached hydrogens (tertiary/aromatic N) is 1. The van der Waals surface area contributed by atoms with Crippen LogP contribution in [0.4, 0.5) is 18.9 Å². The second-order valence-electron chi connectivity index (χ2n) is 3.76. The fraction of sp³-hybridized carbons (Fsp3) is 0.0769. The summed E-state index contributed by atoms with van der Waals surface area (Å²) in [7, 11) is 0. The Morgan fingerprint density at radius 1 is 1.11 bits per heavy atom. The summed E-state index contributed by atoms with van der Waals surface area (Å²) in [6.07, 6.45) is -4.52. The van der Waals surface area contributed by atoms with Crippen molar-refractivity contribution in [2.45, 2.75) is 6.18 Å². The molecule has 2 aromatic carbocycles. The molecular formula is C13H7F3NO2. The molecule has 1 radical (unpaired) electrons. The average Bonchev–Trinajstić information content (AvgIpc) is 2.38. The molecule has 0 aromatic heterocycles. The van der Waals surface area contributed by atoms with E-state index in [-0.39, 0.29) is 16.8 Å². The molecule has 0 aliphatic rings. The highest BCUT2D eigenvalue weighted by molar-refractivity contribution is 5.68. The van der Waals surface area contributed by atoms with Crippen LogP contribution < -0.4 is 0 Å². The van der Waals surface area contributed by atoms with Gasteiger partial charge in [0.25, 0.3) is 5.69 Å². The van der Waals surface area contributed by atoms with Gasteiger partial charge in [-0.05, 0) is 29.3 Å². The minimum Gasteiger partial charge on any atom is -0.258 e. The Morgan fingerprint density at radius 2 is 1.74 bits per heavy atom. The van der Waals surface area contributed by atoms with E-state index < -0.39 is 16.7 Å². The van der Waals surface area contributed by atoms with Crippen molar-refractivity contribution < 1.29 is 18.1 Å². The minimum absolute atomic E-state index is 0.0510. The minimum atomic E-state index is -4.52.